The Kier molecular flexibility index (Phi) is 9.08. The summed E-state index contributed by atoms with van der Waals surface area (Å²) in [5.74, 6) is 0.814. The van der Waals surface area contributed by atoms with Crippen LogP contribution in [-0.4, -0.2) is 37.2 Å². The summed E-state index contributed by atoms with van der Waals surface area (Å²) in [6, 6.07) is 21.8. The van der Waals surface area contributed by atoms with Crippen molar-refractivity contribution in [2.24, 2.45) is 13.0 Å². The van der Waals surface area contributed by atoms with Gasteiger partial charge in [0.1, 0.15) is 23.1 Å². The van der Waals surface area contributed by atoms with Gasteiger partial charge >= 0.3 is 0 Å². The molecule has 9 nitrogen and oxygen atoms in total. The summed E-state index contributed by atoms with van der Waals surface area (Å²) in [5, 5.41) is 10.0. The Labute approximate surface area is 283 Å². The number of anilines is 2. The highest BCUT2D eigenvalue weighted by Gasteiger charge is 2.38. The average molecular weight is 665 g/mol. The second-order valence-electron chi connectivity index (χ2n) is 11.9. The molecular formula is C36H36N6O3S2. The highest BCUT2D eigenvalue weighted by molar-refractivity contribution is 8.27. The molecule has 2 aromatic heterocycles. The Morgan fingerprint density at radius 3 is 2.23 bits per heavy atom. The van der Waals surface area contributed by atoms with E-state index in [0.29, 0.717) is 45.7 Å². The number of nitrogens with zero attached hydrogens (tertiary/aromatic N) is 6. The van der Waals surface area contributed by atoms with Crippen LogP contribution in [0.4, 0.5) is 11.5 Å². The summed E-state index contributed by atoms with van der Waals surface area (Å²) in [4.78, 5) is 45.3. The van der Waals surface area contributed by atoms with Crippen LogP contribution in [0.1, 0.15) is 47.7 Å². The minimum absolute atomic E-state index is 0.0564. The molecule has 4 heterocycles. The summed E-state index contributed by atoms with van der Waals surface area (Å²) in [7, 11) is 1.77. The predicted molar refractivity (Wildman–Crippen MR) is 192 cm³/mol. The lowest BCUT2D eigenvalue weighted by molar-refractivity contribution is -0.113. The number of carbonyl (C=O) groups excluding carboxylic acids is 1. The van der Waals surface area contributed by atoms with Gasteiger partial charge in [-0.1, -0.05) is 72.5 Å². The first-order valence-corrected chi connectivity index (χ1v) is 17.0. The number of rotatable bonds is 7. The van der Waals surface area contributed by atoms with Gasteiger partial charge in [0.15, 0.2) is 4.32 Å². The van der Waals surface area contributed by atoms with Gasteiger partial charge in [-0.3, -0.25) is 28.5 Å². The SMILES string of the molecule is CCn1c(N2CCC(Cc3ccccc3)CC2)c(/C=C2/SC(=S)N(c3c(C)n(C)n(-c4ccccc4)c3=O)C2=O)c(C)c(C#N)c1=O. The number of benzene rings is 2. The van der Waals surface area contributed by atoms with Crippen LogP contribution in [0.25, 0.3) is 11.8 Å². The fraction of sp³-hybridized carbons (Fsp3) is 0.306. The molecule has 240 valence electrons. The van der Waals surface area contributed by atoms with Gasteiger partial charge in [-0.15, -0.1) is 0 Å². The van der Waals surface area contributed by atoms with E-state index in [2.05, 4.69) is 35.2 Å². The normalized spacial score (nSPS) is 16.4. The van der Waals surface area contributed by atoms with E-state index in [0.717, 1.165) is 44.1 Å². The van der Waals surface area contributed by atoms with Crippen LogP contribution in [0.2, 0.25) is 0 Å². The van der Waals surface area contributed by atoms with Crippen molar-refractivity contribution in [3.05, 3.63) is 114 Å². The Balaban J connectivity index is 1.39. The Morgan fingerprint density at radius 1 is 0.979 bits per heavy atom. The number of hydrogen-bond acceptors (Lipinski definition) is 7. The molecule has 0 unspecified atom stereocenters. The summed E-state index contributed by atoms with van der Waals surface area (Å²) < 4.78 is 5.13. The van der Waals surface area contributed by atoms with Crippen LogP contribution in [0.5, 0.6) is 0 Å². The van der Waals surface area contributed by atoms with Crippen LogP contribution in [-0.2, 0) is 24.8 Å². The van der Waals surface area contributed by atoms with Gasteiger partial charge in [-0.05, 0) is 75.3 Å². The molecule has 2 aliphatic rings. The Bertz CT molecular complexity index is 2060. The number of amides is 1. The van der Waals surface area contributed by atoms with Crippen molar-refractivity contribution in [3.8, 4) is 11.8 Å². The first-order valence-electron chi connectivity index (χ1n) is 15.7. The van der Waals surface area contributed by atoms with Gasteiger partial charge in [-0.2, -0.15) is 5.26 Å². The molecule has 11 heteroatoms. The van der Waals surface area contributed by atoms with E-state index in [1.165, 1.54) is 15.1 Å². The molecule has 2 aromatic carbocycles. The van der Waals surface area contributed by atoms with E-state index in [-0.39, 0.29) is 26.7 Å². The van der Waals surface area contributed by atoms with Crippen molar-refractivity contribution in [3.63, 3.8) is 0 Å². The van der Waals surface area contributed by atoms with Crippen molar-refractivity contribution in [2.75, 3.05) is 22.9 Å². The molecule has 47 heavy (non-hydrogen) atoms. The largest absolute Gasteiger partial charge is 0.357 e. The first kappa shape index (κ1) is 32.3. The quantitative estimate of drug-likeness (QED) is 0.185. The van der Waals surface area contributed by atoms with Gasteiger partial charge < -0.3 is 4.90 Å². The minimum atomic E-state index is -0.411. The van der Waals surface area contributed by atoms with E-state index in [1.54, 1.807) is 36.2 Å². The Hall–Kier alpha value is -4.66. The van der Waals surface area contributed by atoms with Gasteiger partial charge in [0.05, 0.1) is 16.3 Å². The number of carbonyl (C=O) groups is 1. The molecule has 1 amide bonds. The average Bonchev–Trinajstić information content (AvgIpc) is 3.47. The molecule has 6 rings (SSSR count). The molecule has 0 N–H and O–H groups in total. The number of piperidine rings is 1. The van der Waals surface area contributed by atoms with E-state index in [1.807, 2.05) is 43.3 Å². The predicted octanol–water partition coefficient (Wildman–Crippen LogP) is 5.71. The molecule has 0 spiro atoms. The van der Waals surface area contributed by atoms with Gasteiger partial charge in [0.25, 0.3) is 17.0 Å². The lowest BCUT2D eigenvalue weighted by atomic mass is 9.90. The van der Waals surface area contributed by atoms with Crippen LogP contribution < -0.4 is 20.9 Å². The Morgan fingerprint density at radius 2 is 1.62 bits per heavy atom. The van der Waals surface area contributed by atoms with E-state index in [9.17, 15) is 19.6 Å². The van der Waals surface area contributed by atoms with Crippen molar-refractivity contribution >= 4 is 51.8 Å². The fourth-order valence-corrected chi connectivity index (χ4v) is 7.93. The monoisotopic (exact) mass is 664 g/mol. The molecule has 0 atom stereocenters. The van der Waals surface area contributed by atoms with Crippen LogP contribution in [0.3, 0.4) is 0 Å². The van der Waals surface area contributed by atoms with E-state index in [4.69, 9.17) is 12.2 Å². The second kappa shape index (κ2) is 13.2. The number of aromatic nitrogens is 3. The molecule has 0 saturated carbocycles. The molecule has 2 fully saturated rings. The van der Waals surface area contributed by atoms with E-state index < -0.39 is 5.91 Å². The lowest BCUT2D eigenvalue weighted by Gasteiger charge is -2.36. The van der Waals surface area contributed by atoms with Crippen LogP contribution in [0, 0.1) is 31.1 Å². The third-order valence-electron chi connectivity index (χ3n) is 9.26. The van der Waals surface area contributed by atoms with Crippen LogP contribution >= 0.6 is 24.0 Å². The summed E-state index contributed by atoms with van der Waals surface area (Å²) in [6.45, 7) is 7.30. The maximum absolute atomic E-state index is 14.1. The number of hydrogen-bond donors (Lipinski definition) is 0. The molecule has 2 saturated heterocycles. The third kappa shape index (κ3) is 5.77. The van der Waals surface area contributed by atoms with Gasteiger partial charge in [0, 0.05) is 32.2 Å². The highest BCUT2D eigenvalue weighted by Crippen LogP contribution is 2.39. The molecule has 0 bridgehead atoms. The van der Waals surface area contributed by atoms with E-state index >= 15 is 0 Å². The van der Waals surface area contributed by atoms with Crippen molar-refractivity contribution < 1.29 is 4.79 Å². The number of nitriles is 1. The van der Waals surface area contributed by atoms with Gasteiger partial charge in [-0.25, -0.2) is 4.68 Å². The third-order valence-corrected chi connectivity index (χ3v) is 10.6. The number of para-hydroxylation sites is 1. The fourth-order valence-electron chi connectivity index (χ4n) is 6.68. The summed E-state index contributed by atoms with van der Waals surface area (Å²) in [5.41, 5.74) is 3.34. The van der Waals surface area contributed by atoms with Crippen molar-refractivity contribution in [1.82, 2.24) is 13.9 Å². The summed E-state index contributed by atoms with van der Waals surface area (Å²) in [6.07, 6.45) is 4.66. The number of pyridine rings is 1. The van der Waals surface area contributed by atoms with Crippen molar-refractivity contribution in [2.45, 2.75) is 46.6 Å². The maximum Gasteiger partial charge on any atom is 0.296 e. The second-order valence-corrected chi connectivity index (χ2v) is 13.6. The number of thioether (sulfide) groups is 1. The highest BCUT2D eigenvalue weighted by atomic mass is 32.2. The molecule has 4 aromatic rings. The van der Waals surface area contributed by atoms with Crippen LogP contribution in [0.15, 0.2) is 75.2 Å². The molecule has 2 aliphatic heterocycles. The number of thiocarbonyl (C=S) groups is 1. The molecule has 0 radical (unpaired) electrons. The standard InChI is InChI=1S/C36H36N6O3S2/c1-5-40-32(39-18-16-26(17-19-39)20-25-12-8-6-9-13-25)28(23(2)29(22-37)33(40)43)21-30-34(44)41(36(46)47-30)31-24(3)38(4)42(35(31)45)27-14-10-7-11-15-27/h6-15,21,26H,5,16-20H2,1-4H3/b30-21+. The zero-order valence-electron chi connectivity index (χ0n) is 26.9. The smallest absolute Gasteiger partial charge is 0.296 e. The minimum Gasteiger partial charge on any atom is -0.357 e. The maximum atomic E-state index is 14.1. The zero-order valence-corrected chi connectivity index (χ0v) is 28.5. The van der Waals surface area contributed by atoms with Crippen molar-refractivity contribution in [1.29, 1.82) is 5.26 Å². The topological polar surface area (TPSA) is 96.3 Å². The molecular weight excluding hydrogens is 629 g/mol. The zero-order chi connectivity index (χ0) is 33.4. The summed E-state index contributed by atoms with van der Waals surface area (Å²) >= 11 is 6.83. The first-order chi connectivity index (χ1) is 22.7. The molecule has 0 aliphatic carbocycles. The lowest BCUT2D eigenvalue weighted by Crippen LogP contribution is -2.39. The van der Waals surface area contributed by atoms with Gasteiger partial charge in [0.2, 0.25) is 0 Å².